The van der Waals surface area contributed by atoms with E-state index in [9.17, 15) is 28.8 Å². The molecular weight excluding hydrogens is 839 g/mol. The van der Waals surface area contributed by atoms with Crippen LogP contribution < -0.4 is 26.2 Å². The number of anilines is 3. The molecule has 1 unspecified atom stereocenters. The molecule has 4 aromatic carbocycles. The van der Waals surface area contributed by atoms with Crippen molar-refractivity contribution >= 4 is 52.7 Å². The molecule has 3 fully saturated rings. The maximum Gasteiger partial charge on any atom is 0.407 e. The molecule has 348 valence electrons. The van der Waals surface area contributed by atoms with Crippen LogP contribution in [-0.4, -0.2) is 96.5 Å². The first-order valence-corrected chi connectivity index (χ1v) is 22.8. The lowest BCUT2D eigenvalue weighted by atomic mass is 9.85. The number of alkyl carbamates (subject to hydrolysis) is 1. The largest absolute Gasteiger partial charge is 0.453 e. The van der Waals surface area contributed by atoms with Gasteiger partial charge in [0.05, 0.1) is 7.11 Å². The Morgan fingerprint density at radius 2 is 1.17 bits per heavy atom. The van der Waals surface area contributed by atoms with Crippen molar-refractivity contribution in [3.63, 3.8) is 0 Å². The number of carbonyl (C=O) groups excluding carboxylic acids is 6. The lowest BCUT2D eigenvalue weighted by Crippen LogP contribution is -2.57. The second-order valence-electron chi connectivity index (χ2n) is 18.2. The van der Waals surface area contributed by atoms with Crippen LogP contribution in [0.4, 0.5) is 21.9 Å². The number of nitrogens with one attached hydrogen (secondary N) is 4. The summed E-state index contributed by atoms with van der Waals surface area (Å²) in [5.41, 5.74) is 4.29. The zero-order chi connectivity index (χ0) is 46.8. The Morgan fingerprint density at radius 1 is 0.652 bits per heavy atom. The minimum Gasteiger partial charge on any atom is -0.453 e. The normalized spacial score (nSPS) is 19.1. The number of carbonyl (C=O) groups is 6. The Kier molecular flexibility index (Phi) is 15.4. The Hall–Kier alpha value is -6.74. The summed E-state index contributed by atoms with van der Waals surface area (Å²) < 4.78 is 10.3. The van der Waals surface area contributed by atoms with Crippen LogP contribution in [-0.2, 0) is 46.5 Å². The SMILES string of the molecule is COC(=O)N[C@H](C(=O)N1CCC[C@H]1C(=O)Nc1ccc(CN(Cc2ccc(NC(=O)[C@@H]3CCCN3C(=O)[C@H](NC(=O)C3CCCO3)c3ccccc3)cc2)c2ccccc2)cc1)C(C)(C)C. The van der Waals surface area contributed by atoms with Gasteiger partial charge in [0.2, 0.25) is 29.5 Å². The molecule has 66 heavy (non-hydrogen) atoms. The second kappa shape index (κ2) is 21.5. The summed E-state index contributed by atoms with van der Waals surface area (Å²) in [6, 6.07) is 31.3. The number of para-hydroxylation sites is 1. The average molecular weight is 900 g/mol. The van der Waals surface area contributed by atoms with Gasteiger partial charge in [-0.15, -0.1) is 0 Å². The van der Waals surface area contributed by atoms with Gasteiger partial charge in [-0.3, -0.25) is 24.0 Å². The number of hydrogen-bond acceptors (Lipinski definition) is 9. The molecule has 0 bridgehead atoms. The summed E-state index contributed by atoms with van der Waals surface area (Å²) >= 11 is 0. The van der Waals surface area contributed by atoms with Crippen molar-refractivity contribution in [2.45, 2.75) is 103 Å². The fraction of sp³-hybridized carbons (Fsp3) is 0.412. The van der Waals surface area contributed by atoms with E-state index in [0.29, 0.717) is 81.8 Å². The summed E-state index contributed by atoms with van der Waals surface area (Å²) in [7, 11) is 1.25. The molecule has 15 heteroatoms. The number of benzene rings is 4. The molecule has 7 rings (SSSR count). The molecule has 3 heterocycles. The molecule has 0 saturated carbocycles. The third-order valence-corrected chi connectivity index (χ3v) is 12.4. The molecule has 0 spiro atoms. The van der Waals surface area contributed by atoms with Crippen molar-refractivity contribution in [3.8, 4) is 0 Å². The molecule has 6 amide bonds. The van der Waals surface area contributed by atoms with Gasteiger partial charge in [-0.1, -0.05) is 93.6 Å². The fourth-order valence-electron chi connectivity index (χ4n) is 8.87. The van der Waals surface area contributed by atoms with E-state index < -0.39 is 41.8 Å². The number of amides is 6. The van der Waals surface area contributed by atoms with Crippen LogP contribution >= 0.6 is 0 Å². The average Bonchev–Trinajstić information content (AvgIpc) is 4.15. The monoisotopic (exact) mass is 899 g/mol. The maximum atomic E-state index is 14.1. The smallest absolute Gasteiger partial charge is 0.407 e. The van der Waals surface area contributed by atoms with Gasteiger partial charge in [-0.25, -0.2) is 4.79 Å². The highest BCUT2D eigenvalue weighted by molar-refractivity contribution is 6.00. The Balaban J connectivity index is 0.968. The van der Waals surface area contributed by atoms with Crippen LogP contribution in [0, 0.1) is 5.41 Å². The van der Waals surface area contributed by atoms with Gasteiger partial charge in [0.25, 0.3) is 0 Å². The zero-order valence-corrected chi connectivity index (χ0v) is 38.2. The maximum absolute atomic E-state index is 14.1. The predicted octanol–water partition coefficient (Wildman–Crippen LogP) is 6.56. The van der Waals surface area contributed by atoms with E-state index in [2.05, 4.69) is 26.2 Å². The van der Waals surface area contributed by atoms with Crippen LogP contribution in [0.5, 0.6) is 0 Å². The van der Waals surface area contributed by atoms with Gasteiger partial charge in [0.1, 0.15) is 30.3 Å². The van der Waals surface area contributed by atoms with Crippen molar-refractivity contribution in [3.05, 3.63) is 126 Å². The number of ether oxygens (including phenoxy) is 2. The third kappa shape index (κ3) is 11.7. The van der Waals surface area contributed by atoms with E-state index in [1.165, 1.54) is 7.11 Å². The minimum atomic E-state index is -0.944. The fourth-order valence-corrected chi connectivity index (χ4v) is 8.87. The highest BCUT2D eigenvalue weighted by atomic mass is 16.5. The molecule has 0 aromatic heterocycles. The Morgan fingerprint density at radius 3 is 1.65 bits per heavy atom. The Labute approximate surface area is 386 Å². The van der Waals surface area contributed by atoms with E-state index in [-0.39, 0.29) is 29.5 Å². The van der Waals surface area contributed by atoms with Gasteiger partial charge in [0, 0.05) is 49.8 Å². The summed E-state index contributed by atoms with van der Waals surface area (Å²) in [5, 5.41) is 11.6. The first-order valence-electron chi connectivity index (χ1n) is 22.8. The van der Waals surface area contributed by atoms with E-state index in [1.807, 2.05) is 118 Å². The number of hydrogen-bond donors (Lipinski definition) is 4. The van der Waals surface area contributed by atoms with Gasteiger partial charge in [-0.2, -0.15) is 0 Å². The van der Waals surface area contributed by atoms with Crippen molar-refractivity contribution in [1.29, 1.82) is 0 Å². The molecule has 15 nitrogen and oxygen atoms in total. The van der Waals surface area contributed by atoms with Crippen molar-refractivity contribution < 1.29 is 38.2 Å². The van der Waals surface area contributed by atoms with Crippen LogP contribution in [0.25, 0.3) is 0 Å². The van der Waals surface area contributed by atoms with Crippen LogP contribution in [0.2, 0.25) is 0 Å². The standard InChI is InChI=1S/C51H61N7O8/c1-51(2,3)44(55-50(64)65-4)49(63)58-30-12-19-41(58)46(60)53-38-27-23-35(24-28-38)33-56(39-16-9-6-10-17-39)32-34-21-25-37(26-22-34)52-45(59)40-18-11-29-57(40)48(62)43(36-14-7-5-8-15-36)54-47(61)42-20-13-31-66-42/h5-10,14-17,21-28,40-44H,11-13,18-20,29-33H2,1-4H3,(H,52,59)(H,53,60)(H,54,61)(H,55,64)/t40-,41-,42?,43+,44+/m0/s1. The van der Waals surface area contributed by atoms with Gasteiger partial charge >= 0.3 is 6.09 Å². The highest BCUT2D eigenvalue weighted by Crippen LogP contribution is 2.29. The first kappa shape index (κ1) is 47.2. The molecule has 0 aliphatic carbocycles. The Bertz CT molecular complexity index is 2320. The minimum absolute atomic E-state index is 0.285. The topological polar surface area (TPSA) is 179 Å². The van der Waals surface area contributed by atoms with Crippen LogP contribution in [0.3, 0.4) is 0 Å². The first-order chi connectivity index (χ1) is 31.8. The van der Waals surface area contributed by atoms with Gasteiger partial charge < -0.3 is 45.4 Å². The number of likely N-dealkylation sites (tertiary alicyclic amines) is 2. The quantitative estimate of drug-likeness (QED) is 0.103. The molecule has 5 atom stereocenters. The molecular formula is C51H61N7O8. The number of nitrogens with zero attached hydrogens (tertiary/aromatic N) is 3. The van der Waals surface area contributed by atoms with Crippen molar-refractivity contribution in [2.24, 2.45) is 5.41 Å². The summed E-state index contributed by atoms with van der Waals surface area (Å²) in [4.78, 5) is 85.8. The van der Waals surface area contributed by atoms with E-state index in [1.54, 1.807) is 21.9 Å². The number of rotatable bonds is 15. The van der Waals surface area contributed by atoms with E-state index in [4.69, 9.17) is 9.47 Å². The van der Waals surface area contributed by atoms with Gasteiger partial charge in [0.15, 0.2) is 0 Å². The van der Waals surface area contributed by atoms with Crippen LogP contribution in [0.15, 0.2) is 109 Å². The van der Waals surface area contributed by atoms with E-state index in [0.717, 1.165) is 23.2 Å². The number of methoxy groups -OCH3 is 1. The van der Waals surface area contributed by atoms with Gasteiger partial charge in [-0.05, 0) is 97.0 Å². The summed E-state index contributed by atoms with van der Waals surface area (Å²) in [6.07, 6.45) is 2.44. The lowest BCUT2D eigenvalue weighted by molar-refractivity contribution is -0.142. The summed E-state index contributed by atoms with van der Waals surface area (Å²) in [5.74, 6) is -1.55. The van der Waals surface area contributed by atoms with Crippen LogP contribution in [0.1, 0.15) is 82.0 Å². The zero-order valence-electron chi connectivity index (χ0n) is 38.2. The third-order valence-electron chi connectivity index (χ3n) is 12.4. The molecule has 4 N–H and O–H groups in total. The molecule has 4 aromatic rings. The van der Waals surface area contributed by atoms with Crippen molar-refractivity contribution in [1.82, 2.24) is 20.4 Å². The second-order valence-corrected chi connectivity index (χ2v) is 18.2. The summed E-state index contributed by atoms with van der Waals surface area (Å²) in [6.45, 7) is 8.01. The van der Waals surface area contributed by atoms with Crippen molar-refractivity contribution in [2.75, 3.05) is 42.3 Å². The molecule has 3 saturated heterocycles. The molecule has 3 aliphatic rings. The molecule has 3 aliphatic heterocycles. The predicted molar refractivity (Wildman–Crippen MR) is 251 cm³/mol. The highest BCUT2D eigenvalue weighted by Gasteiger charge is 2.43. The van der Waals surface area contributed by atoms with E-state index >= 15 is 0 Å². The lowest BCUT2D eigenvalue weighted by Gasteiger charge is -2.35. The molecule has 0 radical (unpaired) electrons.